The molecule has 29 heavy (non-hydrogen) atoms. The highest BCUT2D eigenvalue weighted by molar-refractivity contribution is 6.32. The van der Waals surface area contributed by atoms with Gasteiger partial charge in [0.1, 0.15) is 0 Å². The minimum atomic E-state index is -0.635. The van der Waals surface area contributed by atoms with Gasteiger partial charge in [-0.1, -0.05) is 23.7 Å². The summed E-state index contributed by atoms with van der Waals surface area (Å²) in [4.78, 5) is 25.7. The molecule has 0 spiro atoms. The van der Waals surface area contributed by atoms with Crippen molar-refractivity contribution < 1.29 is 23.8 Å². The van der Waals surface area contributed by atoms with E-state index in [0.717, 1.165) is 11.3 Å². The van der Waals surface area contributed by atoms with Gasteiger partial charge in [0, 0.05) is 32.4 Å². The number of halogens is 1. The average Bonchev–Trinajstić information content (AvgIpc) is 3.18. The van der Waals surface area contributed by atoms with Gasteiger partial charge < -0.3 is 24.4 Å². The number of amides is 1. The molecular formula is C21H21ClN2O5. The number of fused-ring (bicyclic) bond motifs is 1. The standard InChI is InChI=1S/C21H21ClN2O5/c1-24(2)16-6-3-14(4-7-16)11-23-19(25)12-27-20(26)8-5-15-9-17(22)21-18(10-15)28-13-29-21/h3-10H,11-13H2,1-2H3,(H,23,25)/b8-5+. The first-order valence-corrected chi connectivity index (χ1v) is 9.27. The first-order chi connectivity index (χ1) is 13.9. The minimum absolute atomic E-state index is 0.110. The number of hydrogen-bond acceptors (Lipinski definition) is 6. The largest absolute Gasteiger partial charge is 0.454 e. The van der Waals surface area contributed by atoms with Gasteiger partial charge in [0.2, 0.25) is 6.79 Å². The first kappa shape index (κ1) is 20.5. The van der Waals surface area contributed by atoms with E-state index in [1.165, 1.54) is 12.2 Å². The van der Waals surface area contributed by atoms with Crippen molar-refractivity contribution in [3.63, 3.8) is 0 Å². The van der Waals surface area contributed by atoms with Gasteiger partial charge in [0.05, 0.1) is 5.02 Å². The molecule has 0 saturated heterocycles. The fourth-order valence-electron chi connectivity index (χ4n) is 2.60. The van der Waals surface area contributed by atoms with Gasteiger partial charge in [0.15, 0.2) is 18.1 Å². The summed E-state index contributed by atoms with van der Waals surface area (Å²) in [6.45, 7) is 0.107. The number of hydrogen-bond donors (Lipinski definition) is 1. The zero-order valence-electron chi connectivity index (χ0n) is 16.1. The second-order valence-corrected chi connectivity index (χ2v) is 6.92. The van der Waals surface area contributed by atoms with Crippen molar-refractivity contribution >= 4 is 35.2 Å². The number of ether oxygens (including phenoxy) is 3. The Hall–Kier alpha value is -3.19. The van der Waals surface area contributed by atoms with Crippen LogP contribution in [0.1, 0.15) is 11.1 Å². The molecule has 1 amide bonds. The van der Waals surface area contributed by atoms with Gasteiger partial charge in [0.25, 0.3) is 5.91 Å². The van der Waals surface area contributed by atoms with Crippen molar-refractivity contribution in [1.29, 1.82) is 0 Å². The lowest BCUT2D eigenvalue weighted by Crippen LogP contribution is -2.28. The number of carbonyl (C=O) groups is 2. The predicted molar refractivity (Wildman–Crippen MR) is 110 cm³/mol. The highest BCUT2D eigenvalue weighted by Crippen LogP contribution is 2.40. The number of carbonyl (C=O) groups excluding carboxylic acids is 2. The Morgan fingerprint density at radius 2 is 1.97 bits per heavy atom. The molecular weight excluding hydrogens is 396 g/mol. The summed E-state index contributed by atoms with van der Waals surface area (Å²) in [5.41, 5.74) is 2.68. The van der Waals surface area contributed by atoms with E-state index in [-0.39, 0.29) is 19.3 Å². The van der Waals surface area contributed by atoms with Crippen LogP contribution in [-0.2, 0) is 20.9 Å². The molecule has 0 radical (unpaired) electrons. The molecule has 1 aliphatic heterocycles. The third-order valence-electron chi connectivity index (χ3n) is 4.15. The minimum Gasteiger partial charge on any atom is -0.454 e. The fraction of sp³-hybridized carbons (Fsp3) is 0.238. The Balaban J connectivity index is 1.43. The van der Waals surface area contributed by atoms with Gasteiger partial charge in [-0.2, -0.15) is 0 Å². The molecule has 2 aromatic rings. The summed E-state index contributed by atoms with van der Waals surface area (Å²) in [5.74, 6) is -0.0123. The van der Waals surface area contributed by atoms with Crippen molar-refractivity contribution in [2.24, 2.45) is 0 Å². The van der Waals surface area contributed by atoms with E-state index in [9.17, 15) is 9.59 Å². The zero-order valence-corrected chi connectivity index (χ0v) is 16.9. The van der Waals surface area contributed by atoms with Crippen LogP contribution < -0.4 is 19.7 Å². The Kier molecular flexibility index (Phi) is 6.61. The van der Waals surface area contributed by atoms with Crippen molar-refractivity contribution in [2.75, 3.05) is 32.4 Å². The number of benzene rings is 2. The van der Waals surface area contributed by atoms with Gasteiger partial charge in [-0.05, 0) is 41.5 Å². The Morgan fingerprint density at radius 3 is 2.69 bits per heavy atom. The normalized spacial score (nSPS) is 12.1. The smallest absolute Gasteiger partial charge is 0.331 e. The number of esters is 1. The van der Waals surface area contributed by atoms with Crippen molar-refractivity contribution in [2.45, 2.75) is 6.54 Å². The van der Waals surface area contributed by atoms with Gasteiger partial charge >= 0.3 is 5.97 Å². The van der Waals surface area contributed by atoms with Gasteiger partial charge in [-0.25, -0.2) is 4.79 Å². The summed E-state index contributed by atoms with van der Waals surface area (Å²) >= 11 is 6.09. The topological polar surface area (TPSA) is 77.1 Å². The number of nitrogens with zero attached hydrogens (tertiary/aromatic N) is 1. The summed E-state index contributed by atoms with van der Waals surface area (Å²) in [6, 6.07) is 11.1. The monoisotopic (exact) mass is 416 g/mol. The Morgan fingerprint density at radius 1 is 1.21 bits per heavy atom. The van der Waals surface area contributed by atoms with Crippen LogP contribution in [0.15, 0.2) is 42.5 Å². The Bertz CT molecular complexity index is 925. The maximum atomic E-state index is 11.9. The highest BCUT2D eigenvalue weighted by Gasteiger charge is 2.17. The van der Waals surface area contributed by atoms with Crippen LogP contribution >= 0.6 is 11.6 Å². The van der Waals surface area contributed by atoms with E-state index in [1.807, 2.05) is 43.3 Å². The van der Waals surface area contributed by atoms with Gasteiger partial charge in [-0.15, -0.1) is 0 Å². The number of nitrogens with one attached hydrogen (secondary N) is 1. The van der Waals surface area contributed by atoms with E-state index in [0.29, 0.717) is 28.6 Å². The molecule has 1 heterocycles. The summed E-state index contributed by atoms with van der Waals surface area (Å²) in [7, 11) is 3.92. The zero-order chi connectivity index (χ0) is 20.8. The first-order valence-electron chi connectivity index (χ1n) is 8.89. The number of anilines is 1. The van der Waals surface area contributed by atoms with Crippen LogP contribution in [0.4, 0.5) is 5.69 Å². The van der Waals surface area contributed by atoms with E-state index in [2.05, 4.69) is 5.32 Å². The fourth-order valence-corrected chi connectivity index (χ4v) is 2.87. The van der Waals surface area contributed by atoms with E-state index >= 15 is 0 Å². The lowest BCUT2D eigenvalue weighted by molar-refractivity contribution is -0.143. The lowest BCUT2D eigenvalue weighted by Gasteiger charge is -2.12. The maximum Gasteiger partial charge on any atom is 0.331 e. The quantitative estimate of drug-likeness (QED) is 0.552. The van der Waals surface area contributed by atoms with E-state index in [4.69, 9.17) is 25.8 Å². The SMILES string of the molecule is CN(C)c1ccc(CNC(=O)COC(=O)/C=C/c2cc(Cl)c3c(c2)OCO3)cc1. The molecule has 0 unspecified atom stereocenters. The van der Waals surface area contributed by atoms with Crippen LogP contribution in [0.25, 0.3) is 6.08 Å². The maximum absolute atomic E-state index is 11.9. The molecule has 0 atom stereocenters. The molecule has 2 aromatic carbocycles. The molecule has 1 N–H and O–H groups in total. The van der Waals surface area contributed by atoms with Crippen molar-refractivity contribution in [3.8, 4) is 11.5 Å². The molecule has 0 aliphatic carbocycles. The molecule has 3 rings (SSSR count). The van der Waals surface area contributed by atoms with Crippen LogP contribution in [-0.4, -0.2) is 39.4 Å². The third-order valence-corrected chi connectivity index (χ3v) is 4.43. The van der Waals surface area contributed by atoms with Crippen molar-refractivity contribution in [3.05, 3.63) is 58.6 Å². The lowest BCUT2D eigenvalue weighted by atomic mass is 10.2. The van der Waals surface area contributed by atoms with Crippen LogP contribution in [0.2, 0.25) is 5.02 Å². The highest BCUT2D eigenvalue weighted by atomic mass is 35.5. The molecule has 7 nitrogen and oxygen atoms in total. The van der Waals surface area contributed by atoms with E-state index < -0.39 is 5.97 Å². The van der Waals surface area contributed by atoms with Crippen LogP contribution in [0, 0.1) is 0 Å². The second-order valence-electron chi connectivity index (χ2n) is 6.52. The number of rotatable bonds is 7. The molecule has 0 aromatic heterocycles. The van der Waals surface area contributed by atoms with E-state index in [1.54, 1.807) is 12.1 Å². The van der Waals surface area contributed by atoms with Crippen LogP contribution in [0.5, 0.6) is 11.5 Å². The average molecular weight is 417 g/mol. The molecule has 0 bridgehead atoms. The van der Waals surface area contributed by atoms with Crippen molar-refractivity contribution in [1.82, 2.24) is 5.32 Å². The Labute approximate surface area is 173 Å². The molecule has 152 valence electrons. The third kappa shape index (κ3) is 5.65. The molecule has 8 heteroatoms. The molecule has 0 saturated carbocycles. The summed E-state index contributed by atoms with van der Waals surface area (Å²) in [6.07, 6.45) is 2.75. The van der Waals surface area contributed by atoms with Gasteiger partial charge in [-0.3, -0.25) is 4.79 Å². The molecule has 0 fully saturated rings. The second kappa shape index (κ2) is 9.34. The predicted octanol–water partition coefficient (Wildman–Crippen LogP) is 3.01. The van der Waals surface area contributed by atoms with Crippen LogP contribution in [0.3, 0.4) is 0 Å². The summed E-state index contributed by atoms with van der Waals surface area (Å²) in [5, 5.41) is 3.11. The summed E-state index contributed by atoms with van der Waals surface area (Å²) < 4.78 is 15.5. The molecule has 1 aliphatic rings.